The number of rotatable bonds is 1. The Balaban J connectivity index is 0.000000188. The Morgan fingerprint density at radius 3 is 1.61 bits per heavy atom. The lowest BCUT2D eigenvalue weighted by Gasteiger charge is -2.05. The number of imide groups is 1. The number of hydrogen-bond acceptors (Lipinski definition) is 3. The fraction of sp³-hybridized carbons (Fsp3) is 0. The molecule has 2 amide bonds. The van der Waals surface area contributed by atoms with Crippen molar-refractivity contribution in [2.45, 2.75) is 0 Å². The lowest BCUT2D eigenvalue weighted by atomic mass is 9.98. The van der Waals surface area contributed by atoms with E-state index in [-0.39, 0.29) is 11.8 Å². The van der Waals surface area contributed by atoms with Gasteiger partial charge in [-0.05, 0) is 27.6 Å². The first-order valence-electron chi connectivity index (χ1n) is 7.08. The highest BCUT2D eigenvalue weighted by Crippen LogP contribution is 2.26. The number of hydrogen-bond donors (Lipinski definition) is 1. The molecule has 4 nitrogen and oxygen atoms in total. The van der Waals surface area contributed by atoms with Crippen LogP contribution in [0.15, 0.2) is 66.7 Å². The third-order valence-electron chi connectivity index (χ3n) is 3.56. The Kier molecular flexibility index (Phi) is 3.97. The smallest absolute Gasteiger partial charge is 0.250 e. The summed E-state index contributed by atoms with van der Waals surface area (Å²) < 4.78 is 0. The van der Waals surface area contributed by atoms with Crippen molar-refractivity contribution in [1.82, 2.24) is 5.32 Å². The first-order chi connectivity index (χ1) is 11.2. The predicted octanol–water partition coefficient (Wildman–Crippen LogP) is 3.00. The van der Waals surface area contributed by atoms with E-state index in [9.17, 15) is 14.4 Å². The summed E-state index contributed by atoms with van der Waals surface area (Å²) in [4.78, 5) is 31.3. The van der Waals surface area contributed by atoms with E-state index in [1.165, 1.54) is 12.2 Å². The van der Waals surface area contributed by atoms with Crippen LogP contribution in [0.4, 0.5) is 0 Å². The van der Waals surface area contributed by atoms with Crippen molar-refractivity contribution in [2.75, 3.05) is 0 Å². The number of carbonyl (C=O) groups excluding carboxylic acids is 3. The number of amides is 2. The number of benzene rings is 3. The van der Waals surface area contributed by atoms with Gasteiger partial charge in [-0.3, -0.25) is 19.7 Å². The zero-order chi connectivity index (χ0) is 16.2. The molecule has 0 spiro atoms. The minimum Gasteiger partial charge on any atom is -0.298 e. The molecule has 1 aliphatic heterocycles. The van der Waals surface area contributed by atoms with E-state index >= 15 is 0 Å². The van der Waals surface area contributed by atoms with Crippen LogP contribution in [0.2, 0.25) is 0 Å². The van der Waals surface area contributed by atoms with E-state index in [1.807, 2.05) is 53.8 Å². The van der Waals surface area contributed by atoms with Crippen LogP contribution in [0.25, 0.3) is 21.5 Å². The van der Waals surface area contributed by atoms with E-state index < -0.39 is 0 Å². The van der Waals surface area contributed by atoms with E-state index in [1.54, 1.807) is 0 Å². The lowest BCUT2D eigenvalue weighted by molar-refractivity contribution is -0.123. The van der Waals surface area contributed by atoms with Gasteiger partial charge in [-0.15, -0.1) is 0 Å². The van der Waals surface area contributed by atoms with Crippen LogP contribution >= 0.6 is 0 Å². The highest BCUT2D eigenvalue weighted by atomic mass is 16.2. The average Bonchev–Trinajstić information content (AvgIpc) is 2.96. The SMILES string of the molecule is O=C1C=CC(=O)N1.O=Cc1c2ccccc2cc2ccccc12. The van der Waals surface area contributed by atoms with Crippen molar-refractivity contribution >= 4 is 39.6 Å². The van der Waals surface area contributed by atoms with Crippen molar-refractivity contribution in [2.24, 2.45) is 0 Å². The van der Waals surface area contributed by atoms with Crippen molar-refractivity contribution < 1.29 is 14.4 Å². The Morgan fingerprint density at radius 2 is 1.22 bits per heavy atom. The number of fused-ring (bicyclic) bond motifs is 2. The van der Waals surface area contributed by atoms with Gasteiger partial charge in [-0.25, -0.2) is 0 Å². The molecule has 0 fully saturated rings. The Morgan fingerprint density at radius 1 is 0.739 bits per heavy atom. The fourth-order valence-electron chi connectivity index (χ4n) is 2.53. The molecule has 1 aliphatic rings. The van der Waals surface area contributed by atoms with Gasteiger partial charge in [0.2, 0.25) is 0 Å². The standard InChI is InChI=1S/C15H10O.C4H3NO2/c16-10-15-13-7-3-1-5-11(13)9-12-6-2-4-8-14(12)15;6-3-1-2-4(7)5-3/h1-10H;1-2H,(H,5,6,7). The van der Waals surface area contributed by atoms with E-state index in [4.69, 9.17) is 0 Å². The average molecular weight is 303 g/mol. The second-order valence-electron chi connectivity index (χ2n) is 5.04. The van der Waals surface area contributed by atoms with Crippen molar-refractivity contribution in [3.05, 3.63) is 72.3 Å². The second kappa shape index (κ2) is 6.23. The summed E-state index contributed by atoms with van der Waals surface area (Å²) in [6.45, 7) is 0. The van der Waals surface area contributed by atoms with Crippen molar-refractivity contribution in [3.8, 4) is 0 Å². The Hall–Kier alpha value is -3.27. The summed E-state index contributed by atoms with van der Waals surface area (Å²) in [5.41, 5.74) is 0.786. The van der Waals surface area contributed by atoms with Gasteiger partial charge < -0.3 is 0 Å². The van der Waals surface area contributed by atoms with Gasteiger partial charge in [0.1, 0.15) is 0 Å². The summed E-state index contributed by atoms with van der Waals surface area (Å²) in [7, 11) is 0. The molecule has 3 aromatic rings. The zero-order valence-corrected chi connectivity index (χ0v) is 12.2. The molecule has 0 bridgehead atoms. The van der Waals surface area contributed by atoms with Crippen LogP contribution in [0.5, 0.6) is 0 Å². The normalized spacial score (nSPS) is 12.9. The van der Waals surface area contributed by atoms with Crippen molar-refractivity contribution in [3.63, 3.8) is 0 Å². The van der Waals surface area contributed by atoms with Crippen LogP contribution in [0, 0.1) is 0 Å². The molecule has 112 valence electrons. The van der Waals surface area contributed by atoms with E-state index in [0.29, 0.717) is 0 Å². The molecule has 4 heteroatoms. The topological polar surface area (TPSA) is 63.2 Å². The number of aldehydes is 1. The maximum Gasteiger partial charge on any atom is 0.250 e. The molecule has 23 heavy (non-hydrogen) atoms. The molecule has 0 aromatic heterocycles. The zero-order valence-electron chi connectivity index (χ0n) is 12.2. The highest BCUT2D eigenvalue weighted by molar-refractivity contribution is 6.13. The van der Waals surface area contributed by atoms with Gasteiger partial charge in [0.25, 0.3) is 11.8 Å². The summed E-state index contributed by atoms with van der Waals surface area (Å²) in [6, 6.07) is 18.1. The molecule has 0 aliphatic carbocycles. The number of nitrogens with one attached hydrogen (secondary N) is 1. The number of carbonyl (C=O) groups is 3. The van der Waals surface area contributed by atoms with Gasteiger partial charge in [0, 0.05) is 17.7 Å². The molecule has 3 aromatic carbocycles. The molecule has 4 rings (SSSR count). The second-order valence-corrected chi connectivity index (χ2v) is 5.04. The highest BCUT2D eigenvalue weighted by Gasteiger charge is 2.07. The predicted molar refractivity (Wildman–Crippen MR) is 89.1 cm³/mol. The monoisotopic (exact) mass is 303 g/mol. The fourth-order valence-corrected chi connectivity index (χ4v) is 2.53. The summed E-state index contributed by atoms with van der Waals surface area (Å²) in [5.74, 6) is -0.657. The first-order valence-corrected chi connectivity index (χ1v) is 7.08. The molecule has 1 heterocycles. The van der Waals surface area contributed by atoms with Crippen LogP contribution in [-0.4, -0.2) is 18.1 Å². The third kappa shape index (κ3) is 3.01. The quantitative estimate of drug-likeness (QED) is 0.427. The Bertz CT molecular complexity index is 887. The summed E-state index contributed by atoms with van der Waals surface area (Å²) >= 11 is 0. The minimum absolute atomic E-state index is 0.329. The van der Waals surface area contributed by atoms with E-state index in [2.05, 4.69) is 6.07 Å². The minimum atomic E-state index is -0.329. The van der Waals surface area contributed by atoms with E-state index in [0.717, 1.165) is 33.4 Å². The molecule has 0 saturated carbocycles. The molecular weight excluding hydrogens is 290 g/mol. The van der Waals surface area contributed by atoms with Crippen molar-refractivity contribution in [1.29, 1.82) is 0 Å². The molecule has 0 saturated heterocycles. The maximum absolute atomic E-state index is 11.2. The summed E-state index contributed by atoms with van der Waals surface area (Å²) in [6.07, 6.45) is 3.34. The molecule has 1 N–H and O–H groups in total. The van der Waals surface area contributed by atoms with Gasteiger partial charge in [-0.1, -0.05) is 48.5 Å². The van der Waals surface area contributed by atoms with Crippen LogP contribution < -0.4 is 5.32 Å². The van der Waals surface area contributed by atoms with Crippen LogP contribution in [0.3, 0.4) is 0 Å². The van der Waals surface area contributed by atoms with Gasteiger partial charge in [0.15, 0.2) is 6.29 Å². The summed E-state index contributed by atoms with van der Waals surface area (Å²) in [5, 5.41) is 6.30. The molecule has 0 atom stereocenters. The first kappa shape index (κ1) is 14.7. The van der Waals surface area contributed by atoms with Crippen LogP contribution in [-0.2, 0) is 9.59 Å². The molecule has 0 unspecified atom stereocenters. The lowest BCUT2D eigenvalue weighted by Crippen LogP contribution is -2.19. The Labute approximate surface area is 132 Å². The van der Waals surface area contributed by atoms with Gasteiger partial charge in [-0.2, -0.15) is 0 Å². The third-order valence-corrected chi connectivity index (χ3v) is 3.56. The largest absolute Gasteiger partial charge is 0.298 e. The van der Waals surface area contributed by atoms with Crippen LogP contribution in [0.1, 0.15) is 10.4 Å². The van der Waals surface area contributed by atoms with Gasteiger partial charge in [0.05, 0.1) is 0 Å². The molecule has 0 radical (unpaired) electrons. The maximum atomic E-state index is 11.2. The molecular formula is C19H13NO3. The van der Waals surface area contributed by atoms with Gasteiger partial charge >= 0.3 is 0 Å².